The van der Waals surface area contributed by atoms with Gasteiger partial charge in [0.2, 0.25) is 0 Å². The molecule has 0 saturated carbocycles. The second-order valence-corrected chi connectivity index (χ2v) is 5.37. The first-order chi connectivity index (χ1) is 8.93. The Labute approximate surface area is 109 Å². The molecular formula is C16H22N2. The van der Waals surface area contributed by atoms with E-state index >= 15 is 0 Å². The van der Waals surface area contributed by atoms with Crippen molar-refractivity contribution in [2.45, 2.75) is 32.1 Å². The molecule has 2 nitrogen and oxygen atoms in total. The lowest BCUT2D eigenvalue weighted by molar-refractivity contribution is 0.289. The van der Waals surface area contributed by atoms with Crippen LogP contribution < -0.4 is 0 Å². The zero-order valence-electron chi connectivity index (χ0n) is 11.0. The number of aromatic nitrogens is 1. The Morgan fingerprint density at radius 2 is 1.78 bits per heavy atom. The molecule has 96 valence electrons. The molecule has 1 fully saturated rings. The molecule has 2 aromatic rings. The van der Waals surface area contributed by atoms with Crippen LogP contribution in [0.1, 0.15) is 31.2 Å². The number of hydrogen-bond acceptors (Lipinski definition) is 1. The second-order valence-electron chi connectivity index (χ2n) is 5.37. The Bertz CT molecular complexity index is 493. The summed E-state index contributed by atoms with van der Waals surface area (Å²) in [5.74, 6) is 0. The Balaban J connectivity index is 1.65. The normalized spacial score (nSPS) is 18.0. The molecule has 0 radical (unpaired) electrons. The fourth-order valence-corrected chi connectivity index (χ4v) is 2.98. The van der Waals surface area contributed by atoms with E-state index in [4.69, 9.17) is 0 Å². The van der Waals surface area contributed by atoms with Gasteiger partial charge in [-0.2, -0.15) is 0 Å². The smallest absolute Gasteiger partial charge is 0.0456 e. The number of nitrogens with zero attached hydrogens (tertiary/aromatic N) is 1. The molecule has 0 spiro atoms. The number of rotatable bonds is 3. The molecule has 1 aromatic carbocycles. The van der Waals surface area contributed by atoms with Crippen molar-refractivity contribution in [1.29, 1.82) is 0 Å². The molecule has 2 heteroatoms. The van der Waals surface area contributed by atoms with Crippen LogP contribution in [0.25, 0.3) is 10.9 Å². The van der Waals surface area contributed by atoms with Crippen molar-refractivity contribution in [2.24, 2.45) is 0 Å². The average Bonchev–Trinajstić information content (AvgIpc) is 2.64. The quantitative estimate of drug-likeness (QED) is 0.871. The summed E-state index contributed by atoms with van der Waals surface area (Å²) in [6.45, 7) is 3.80. The minimum atomic E-state index is 1.17. The minimum absolute atomic E-state index is 1.17. The summed E-state index contributed by atoms with van der Waals surface area (Å²) in [7, 11) is 0. The monoisotopic (exact) mass is 242 g/mol. The average molecular weight is 242 g/mol. The predicted octanol–water partition coefficient (Wildman–Crippen LogP) is 3.59. The topological polar surface area (TPSA) is 19.0 Å². The van der Waals surface area contributed by atoms with Gasteiger partial charge in [-0.15, -0.1) is 0 Å². The number of benzene rings is 1. The van der Waals surface area contributed by atoms with Crippen molar-refractivity contribution in [1.82, 2.24) is 9.88 Å². The van der Waals surface area contributed by atoms with Gasteiger partial charge in [-0.05, 0) is 44.0 Å². The van der Waals surface area contributed by atoms with E-state index in [1.165, 1.54) is 68.2 Å². The molecule has 0 atom stereocenters. The third kappa shape index (κ3) is 2.59. The van der Waals surface area contributed by atoms with Crippen LogP contribution in [0, 0.1) is 0 Å². The number of aromatic amines is 1. The van der Waals surface area contributed by atoms with Crippen LogP contribution in [0.4, 0.5) is 0 Å². The molecule has 3 rings (SSSR count). The first-order valence-corrected chi connectivity index (χ1v) is 7.21. The van der Waals surface area contributed by atoms with Crippen molar-refractivity contribution >= 4 is 10.9 Å². The standard InChI is InChI=1S/C16H22N2/c1-2-6-11-18(10-5-1)12-9-14-13-17-16-8-4-3-7-15(14)16/h3-4,7-8,13,17H,1-2,5-6,9-12H2. The van der Waals surface area contributed by atoms with E-state index in [0.717, 1.165) is 0 Å². The fraction of sp³-hybridized carbons (Fsp3) is 0.500. The summed E-state index contributed by atoms with van der Waals surface area (Å²) in [6.07, 6.45) is 8.96. The lowest BCUT2D eigenvalue weighted by Crippen LogP contribution is -2.26. The van der Waals surface area contributed by atoms with Crippen LogP contribution in [0.5, 0.6) is 0 Å². The number of likely N-dealkylation sites (tertiary alicyclic amines) is 1. The zero-order valence-corrected chi connectivity index (χ0v) is 11.0. The Morgan fingerprint density at radius 3 is 2.61 bits per heavy atom. The van der Waals surface area contributed by atoms with Crippen molar-refractivity contribution in [3.05, 3.63) is 36.0 Å². The highest BCUT2D eigenvalue weighted by Gasteiger charge is 2.10. The fourth-order valence-electron chi connectivity index (χ4n) is 2.98. The summed E-state index contributed by atoms with van der Waals surface area (Å²) in [4.78, 5) is 6.00. The van der Waals surface area contributed by atoms with E-state index in [1.807, 2.05) is 0 Å². The van der Waals surface area contributed by atoms with Gasteiger partial charge >= 0.3 is 0 Å². The maximum Gasteiger partial charge on any atom is 0.0456 e. The van der Waals surface area contributed by atoms with Gasteiger partial charge in [-0.25, -0.2) is 0 Å². The maximum atomic E-state index is 3.37. The van der Waals surface area contributed by atoms with Crippen molar-refractivity contribution in [3.63, 3.8) is 0 Å². The molecule has 2 heterocycles. The van der Waals surface area contributed by atoms with Gasteiger partial charge in [0, 0.05) is 23.6 Å². The number of para-hydroxylation sites is 1. The highest BCUT2D eigenvalue weighted by atomic mass is 15.1. The molecule has 1 N–H and O–H groups in total. The maximum absolute atomic E-state index is 3.37. The molecule has 1 aliphatic heterocycles. The Kier molecular flexibility index (Phi) is 3.65. The molecule has 1 saturated heterocycles. The van der Waals surface area contributed by atoms with Gasteiger partial charge in [0.25, 0.3) is 0 Å². The lowest BCUT2D eigenvalue weighted by Gasteiger charge is -2.19. The van der Waals surface area contributed by atoms with E-state index in [2.05, 4.69) is 40.3 Å². The highest BCUT2D eigenvalue weighted by Crippen LogP contribution is 2.19. The summed E-state index contributed by atoms with van der Waals surface area (Å²) in [5.41, 5.74) is 2.73. The first kappa shape index (κ1) is 11.8. The highest BCUT2D eigenvalue weighted by molar-refractivity contribution is 5.83. The summed E-state index contributed by atoms with van der Waals surface area (Å²) in [5, 5.41) is 1.40. The minimum Gasteiger partial charge on any atom is -0.361 e. The van der Waals surface area contributed by atoms with Crippen LogP contribution in [-0.4, -0.2) is 29.5 Å². The lowest BCUT2D eigenvalue weighted by atomic mass is 10.1. The van der Waals surface area contributed by atoms with Gasteiger partial charge in [0.1, 0.15) is 0 Å². The van der Waals surface area contributed by atoms with E-state index in [9.17, 15) is 0 Å². The van der Waals surface area contributed by atoms with E-state index in [-0.39, 0.29) is 0 Å². The molecule has 1 aromatic heterocycles. The van der Waals surface area contributed by atoms with Crippen LogP contribution in [0.2, 0.25) is 0 Å². The van der Waals surface area contributed by atoms with Crippen molar-refractivity contribution in [3.8, 4) is 0 Å². The van der Waals surface area contributed by atoms with Crippen molar-refractivity contribution in [2.75, 3.05) is 19.6 Å². The summed E-state index contributed by atoms with van der Waals surface area (Å²) >= 11 is 0. The van der Waals surface area contributed by atoms with E-state index in [0.29, 0.717) is 0 Å². The predicted molar refractivity (Wildman–Crippen MR) is 76.9 cm³/mol. The van der Waals surface area contributed by atoms with Gasteiger partial charge in [-0.1, -0.05) is 31.0 Å². The molecular weight excluding hydrogens is 220 g/mol. The molecule has 1 aliphatic rings. The van der Waals surface area contributed by atoms with Gasteiger partial charge in [0.05, 0.1) is 0 Å². The largest absolute Gasteiger partial charge is 0.361 e. The summed E-state index contributed by atoms with van der Waals surface area (Å²) in [6, 6.07) is 8.61. The van der Waals surface area contributed by atoms with Crippen LogP contribution in [0.15, 0.2) is 30.5 Å². The third-order valence-corrected chi connectivity index (χ3v) is 4.07. The van der Waals surface area contributed by atoms with Crippen LogP contribution >= 0.6 is 0 Å². The van der Waals surface area contributed by atoms with Crippen molar-refractivity contribution < 1.29 is 0 Å². The van der Waals surface area contributed by atoms with Crippen LogP contribution in [0.3, 0.4) is 0 Å². The number of fused-ring (bicyclic) bond motifs is 1. The molecule has 0 bridgehead atoms. The van der Waals surface area contributed by atoms with Crippen LogP contribution in [-0.2, 0) is 6.42 Å². The molecule has 0 amide bonds. The third-order valence-electron chi connectivity index (χ3n) is 4.07. The van der Waals surface area contributed by atoms with Gasteiger partial charge in [0.15, 0.2) is 0 Å². The Hall–Kier alpha value is -1.28. The number of hydrogen-bond donors (Lipinski definition) is 1. The zero-order chi connectivity index (χ0) is 12.2. The second kappa shape index (κ2) is 5.57. The van der Waals surface area contributed by atoms with E-state index < -0.39 is 0 Å². The Morgan fingerprint density at radius 1 is 1.00 bits per heavy atom. The SMILES string of the molecule is c1ccc2c(CCN3CCCCCC3)c[nH]c2c1. The molecule has 0 aliphatic carbocycles. The van der Waals surface area contributed by atoms with Gasteiger partial charge in [-0.3, -0.25) is 0 Å². The number of nitrogens with one attached hydrogen (secondary N) is 1. The number of H-pyrrole nitrogens is 1. The first-order valence-electron chi connectivity index (χ1n) is 7.21. The van der Waals surface area contributed by atoms with Gasteiger partial charge < -0.3 is 9.88 Å². The molecule has 0 unspecified atom stereocenters. The molecule has 18 heavy (non-hydrogen) atoms. The van der Waals surface area contributed by atoms with E-state index in [1.54, 1.807) is 0 Å². The summed E-state index contributed by atoms with van der Waals surface area (Å²) < 4.78 is 0.